The first-order valence-electron chi connectivity index (χ1n) is 11.3. The predicted octanol–water partition coefficient (Wildman–Crippen LogP) is 5.60. The maximum atomic E-state index is 9.85. The molecule has 0 radical (unpaired) electrons. The highest BCUT2D eigenvalue weighted by molar-refractivity contribution is 4.97. The summed E-state index contributed by atoms with van der Waals surface area (Å²) >= 11 is 0. The fourth-order valence-electron chi connectivity index (χ4n) is 5.04. The summed E-state index contributed by atoms with van der Waals surface area (Å²) in [5, 5.41) is 18.9. The minimum absolute atomic E-state index is 0.129. The topological polar surface area (TPSA) is 49.7 Å². The van der Waals surface area contributed by atoms with Crippen molar-refractivity contribution in [2.45, 2.75) is 109 Å². The van der Waals surface area contributed by atoms with Crippen LogP contribution in [0.25, 0.3) is 0 Å². The maximum Gasteiger partial charge on any atom is 0.179 e. The third kappa shape index (κ3) is 7.32. The van der Waals surface area contributed by atoms with Crippen LogP contribution in [0.15, 0.2) is 12.2 Å². The molecular formula is C23H42O3. The molecule has 0 spiro atoms. The summed E-state index contributed by atoms with van der Waals surface area (Å²) in [6.45, 7) is 5.72. The number of aliphatic hydroxyl groups is 2. The van der Waals surface area contributed by atoms with Gasteiger partial charge in [-0.15, -0.1) is 0 Å². The van der Waals surface area contributed by atoms with Gasteiger partial charge >= 0.3 is 0 Å². The standard InChI is InChI=1S/C23H42O3/c1-3-4-5-6-7-8-19-9-11-20(12-10-19)21-13-15-22(16-14-21)26-23(25)18(2)17-24/h19-25H,2-17H2,1H3. The van der Waals surface area contributed by atoms with E-state index >= 15 is 0 Å². The zero-order valence-corrected chi connectivity index (χ0v) is 17.0. The van der Waals surface area contributed by atoms with Crippen molar-refractivity contribution in [3.05, 3.63) is 12.2 Å². The molecule has 0 aromatic rings. The number of unbranched alkanes of at least 4 members (excludes halogenated alkanes) is 4. The molecule has 2 aliphatic carbocycles. The molecule has 3 nitrogen and oxygen atoms in total. The van der Waals surface area contributed by atoms with Gasteiger partial charge in [0.15, 0.2) is 6.29 Å². The van der Waals surface area contributed by atoms with E-state index in [-0.39, 0.29) is 12.7 Å². The van der Waals surface area contributed by atoms with Crippen molar-refractivity contribution in [1.29, 1.82) is 0 Å². The average molecular weight is 367 g/mol. The van der Waals surface area contributed by atoms with Crippen molar-refractivity contribution < 1.29 is 14.9 Å². The molecule has 2 N–H and O–H groups in total. The van der Waals surface area contributed by atoms with Crippen LogP contribution in [0.3, 0.4) is 0 Å². The van der Waals surface area contributed by atoms with Gasteiger partial charge in [0.2, 0.25) is 0 Å². The quantitative estimate of drug-likeness (QED) is 0.284. The normalized spacial score (nSPS) is 30.9. The zero-order chi connectivity index (χ0) is 18.8. The van der Waals surface area contributed by atoms with Gasteiger partial charge in [-0.25, -0.2) is 0 Å². The fraction of sp³-hybridized carbons (Fsp3) is 0.913. The Morgan fingerprint density at radius 3 is 2.08 bits per heavy atom. The molecule has 0 amide bonds. The molecule has 2 aliphatic rings. The smallest absolute Gasteiger partial charge is 0.179 e. The number of rotatable bonds is 11. The number of hydrogen-bond acceptors (Lipinski definition) is 3. The molecule has 2 fully saturated rings. The largest absolute Gasteiger partial charge is 0.392 e. The number of ether oxygens (including phenoxy) is 1. The molecule has 0 aromatic heterocycles. The summed E-state index contributed by atoms with van der Waals surface area (Å²) in [7, 11) is 0. The van der Waals surface area contributed by atoms with Crippen LogP contribution in [0.5, 0.6) is 0 Å². The van der Waals surface area contributed by atoms with Crippen LogP contribution < -0.4 is 0 Å². The second kappa shape index (κ2) is 12.2. The van der Waals surface area contributed by atoms with E-state index < -0.39 is 6.29 Å². The Balaban J connectivity index is 1.58. The molecule has 0 heterocycles. The highest BCUT2D eigenvalue weighted by Crippen LogP contribution is 2.41. The summed E-state index contributed by atoms with van der Waals surface area (Å²) in [6, 6.07) is 0. The highest BCUT2D eigenvalue weighted by Gasteiger charge is 2.31. The minimum Gasteiger partial charge on any atom is -0.392 e. The van der Waals surface area contributed by atoms with E-state index in [1.54, 1.807) is 0 Å². The SMILES string of the molecule is C=C(CO)C(O)OC1CCC(C2CCC(CCCCCCC)CC2)CC1. The summed E-state index contributed by atoms with van der Waals surface area (Å²) in [6.07, 6.45) is 17.9. The molecule has 0 aliphatic heterocycles. The second-order valence-electron chi connectivity index (χ2n) is 8.83. The third-order valence-electron chi connectivity index (χ3n) is 6.87. The average Bonchev–Trinajstić information content (AvgIpc) is 2.68. The lowest BCUT2D eigenvalue weighted by Crippen LogP contribution is -2.31. The van der Waals surface area contributed by atoms with E-state index in [2.05, 4.69) is 13.5 Å². The van der Waals surface area contributed by atoms with Gasteiger partial charge in [0.05, 0.1) is 12.7 Å². The lowest BCUT2D eigenvalue weighted by molar-refractivity contribution is -0.129. The molecule has 1 unspecified atom stereocenters. The maximum absolute atomic E-state index is 9.85. The van der Waals surface area contributed by atoms with Gasteiger partial charge in [-0.3, -0.25) is 0 Å². The van der Waals surface area contributed by atoms with Gasteiger partial charge in [0.1, 0.15) is 0 Å². The van der Waals surface area contributed by atoms with Gasteiger partial charge in [-0.1, -0.05) is 64.9 Å². The van der Waals surface area contributed by atoms with Crippen LogP contribution in [0.4, 0.5) is 0 Å². The van der Waals surface area contributed by atoms with Crippen LogP contribution in [0, 0.1) is 17.8 Å². The van der Waals surface area contributed by atoms with E-state index in [0.29, 0.717) is 5.57 Å². The molecule has 0 aromatic carbocycles. The molecule has 3 heteroatoms. The van der Waals surface area contributed by atoms with Gasteiger partial charge < -0.3 is 14.9 Å². The van der Waals surface area contributed by atoms with Crippen LogP contribution in [0.1, 0.15) is 96.8 Å². The van der Waals surface area contributed by atoms with Crippen LogP contribution >= 0.6 is 0 Å². The van der Waals surface area contributed by atoms with Gasteiger partial charge in [0.25, 0.3) is 0 Å². The van der Waals surface area contributed by atoms with Crippen LogP contribution in [-0.4, -0.2) is 29.2 Å². The summed E-state index contributed by atoms with van der Waals surface area (Å²) in [4.78, 5) is 0. The van der Waals surface area contributed by atoms with Gasteiger partial charge in [0, 0.05) is 5.57 Å². The molecule has 2 rings (SSSR count). The Labute approximate surface area is 161 Å². The van der Waals surface area contributed by atoms with Crippen molar-refractivity contribution in [2.75, 3.05) is 6.61 Å². The molecule has 0 saturated heterocycles. The van der Waals surface area contributed by atoms with Crippen molar-refractivity contribution in [3.63, 3.8) is 0 Å². The monoisotopic (exact) mass is 366 g/mol. The fourth-order valence-corrected chi connectivity index (χ4v) is 5.04. The molecule has 0 bridgehead atoms. The zero-order valence-electron chi connectivity index (χ0n) is 17.0. The molecular weight excluding hydrogens is 324 g/mol. The summed E-state index contributed by atoms with van der Waals surface area (Å²) in [5.41, 5.74) is 0.361. The predicted molar refractivity (Wildman–Crippen MR) is 108 cm³/mol. The second-order valence-corrected chi connectivity index (χ2v) is 8.83. The molecule has 1 atom stereocenters. The first-order valence-corrected chi connectivity index (χ1v) is 11.3. The van der Waals surface area contributed by atoms with Gasteiger partial charge in [-0.05, 0) is 56.3 Å². The lowest BCUT2D eigenvalue weighted by Gasteiger charge is -2.38. The Morgan fingerprint density at radius 2 is 1.50 bits per heavy atom. The van der Waals surface area contributed by atoms with E-state index in [4.69, 9.17) is 9.84 Å². The van der Waals surface area contributed by atoms with E-state index in [1.165, 1.54) is 77.0 Å². The van der Waals surface area contributed by atoms with Crippen LogP contribution in [0.2, 0.25) is 0 Å². The van der Waals surface area contributed by atoms with Crippen LogP contribution in [-0.2, 0) is 4.74 Å². The Kier molecular flexibility index (Phi) is 10.2. The molecule has 26 heavy (non-hydrogen) atoms. The first kappa shape index (κ1) is 21.9. The molecule has 152 valence electrons. The summed E-state index contributed by atoms with van der Waals surface area (Å²) < 4.78 is 5.66. The Morgan fingerprint density at radius 1 is 0.923 bits per heavy atom. The van der Waals surface area contributed by atoms with Crippen molar-refractivity contribution in [3.8, 4) is 0 Å². The Hall–Kier alpha value is -0.380. The summed E-state index contributed by atoms with van der Waals surface area (Å²) in [5.74, 6) is 2.77. The molecule has 2 saturated carbocycles. The number of aliphatic hydroxyl groups excluding tert-OH is 2. The van der Waals surface area contributed by atoms with E-state index in [9.17, 15) is 5.11 Å². The lowest BCUT2D eigenvalue weighted by atomic mass is 9.70. The van der Waals surface area contributed by atoms with Crippen molar-refractivity contribution in [2.24, 2.45) is 17.8 Å². The van der Waals surface area contributed by atoms with Crippen molar-refractivity contribution in [1.82, 2.24) is 0 Å². The third-order valence-corrected chi connectivity index (χ3v) is 6.87. The van der Waals surface area contributed by atoms with E-state index in [1.807, 2.05) is 0 Å². The van der Waals surface area contributed by atoms with Gasteiger partial charge in [-0.2, -0.15) is 0 Å². The number of hydrogen-bond donors (Lipinski definition) is 2. The van der Waals surface area contributed by atoms with E-state index in [0.717, 1.165) is 30.6 Å². The first-order chi connectivity index (χ1) is 12.6. The van der Waals surface area contributed by atoms with Crippen molar-refractivity contribution >= 4 is 0 Å². The minimum atomic E-state index is -1.01. The highest BCUT2D eigenvalue weighted by atomic mass is 16.6. The Bertz CT molecular complexity index is 379.